The van der Waals surface area contributed by atoms with Gasteiger partial charge in [0.1, 0.15) is 11.1 Å². The van der Waals surface area contributed by atoms with Crippen molar-refractivity contribution in [2.45, 2.75) is 12.3 Å². The van der Waals surface area contributed by atoms with Gasteiger partial charge in [0.2, 0.25) is 5.91 Å². The Morgan fingerprint density at radius 3 is 2.65 bits per heavy atom. The van der Waals surface area contributed by atoms with Gasteiger partial charge in [0, 0.05) is 11.4 Å². The minimum absolute atomic E-state index is 0.0460. The van der Waals surface area contributed by atoms with Crippen LogP contribution >= 0.6 is 23.4 Å². The molecular formula is C24H21ClN2O3S. The quantitative estimate of drug-likeness (QED) is 0.515. The highest BCUT2D eigenvalue weighted by molar-refractivity contribution is 8.00. The largest absolute Gasteiger partial charge is 0.494 e. The Morgan fingerprint density at radius 2 is 1.90 bits per heavy atom. The molecule has 3 aromatic rings. The van der Waals surface area contributed by atoms with Gasteiger partial charge in [0.05, 0.1) is 22.9 Å². The molecule has 0 radical (unpaired) electrons. The van der Waals surface area contributed by atoms with Gasteiger partial charge in [-0.3, -0.25) is 14.5 Å². The van der Waals surface area contributed by atoms with Gasteiger partial charge < -0.3 is 10.1 Å². The summed E-state index contributed by atoms with van der Waals surface area (Å²) >= 11 is 7.70. The van der Waals surface area contributed by atoms with Crippen molar-refractivity contribution in [3.63, 3.8) is 0 Å². The number of thioether (sulfide) groups is 1. The fourth-order valence-corrected chi connectivity index (χ4v) is 4.82. The molecule has 1 fully saturated rings. The van der Waals surface area contributed by atoms with Gasteiger partial charge in [-0.2, -0.15) is 0 Å². The normalized spacial score (nSPS) is 15.7. The van der Waals surface area contributed by atoms with E-state index in [1.165, 1.54) is 0 Å². The summed E-state index contributed by atoms with van der Waals surface area (Å²) in [5.41, 5.74) is 2.81. The van der Waals surface area contributed by atoms with E-state index in [-0.39, 0.29) is 17.2 Å². The summed E-state index contributed by atoms with van der Waals surface area (Å²) < 4.78 is 5.50. The van der Waals surface area contributed by atoms with Crippen LogP contribution in [0.2, 0.25) is 5.02 Å². The van der Waals surface area contributed by atoms with E-state index in [2.05, 4.69) is 5.32 Å². The number of nitrogens with zero attached hydrogens (tertiary/aromatic N) is 1. The Balaban J connectivity index is 1.56. The van der Waals surface area contributed by atoms with Crippen LogP contribution in [0.1, 0.15) is 28.2 Å². The molecule has 1 unspecified atom stereocenters. The monoisotopic (exact) mass is 452 g/mol. The molecule has 2 amide bonds. The molecule has 1 saturated heterocycles. The predicted molar refractivity (Wildman–Crippen MR) is 126 cm³/mol. The van der Waals surface area contributed by atoms with Crippen molar-refractivity contribution in [1.29, 1.82) is 0 Å². The Labute approximate surface area is 190 Å². The van der Waals surface area contributed by atoms with Crippen molar-refractivity contribution in [3.8, 4) is 5.75 Å². The zero-order valence-electron chi connectivity index (χ0n) is 16.9. The van der Waals surface area contributed by atoms with E-state index in [0.717, 1.165) is 17.0 Å². The smallest absolute Gasteiger partial charge is 0.257 e. The van der Waals surface area contributed by atoms with E-state index < -0.39 is 0 Å². The minimum Gasteiger partial charge on any atom is -0.494 e. The van der Waals surface area contributed by atoms with E-state index in [0.29, 0.717) is 28.6 Å². The summed E-state index contributed by atoms with van der Waals surface area (Å²) in [5, 5.41) is 3.12. The second-order valence-electron chi connectivity index (χ2n) is 6.91. The average molecular weight is 453 g/mol. The van der Waals surface area contributed by atoms with Crippen molar-refractivity contribution in [2.24, 2.45) is 0 Å². The van der Waals surface area contributed by atoms with Crippen molar-refractivity contribution < 1.29 is 14.3 Å². The summed E-state index contributed by atoms with van der Waals surface area (Å²) in [4.78, 5) is 27.0. The molecule has 31 heavy (non-hydrogen) atoms. The number of ether oxygens (including phenoxy) is 1. The number of halogens is 1. The molecule has 7 heteroatoms. The molecule has 1 N–H and O–H groups in total. The first-order chi connectivity index (χ1) is 15.1. The van der Waals surface area contributed by atoms with Crippen LogP contribution in [0.5, 0.6) is 5.75 Å². The molecule has 0 aliphatic carbocycles. The molecule has 1 atom stereocenters. The van der Waals surface area contributed by atoms with Crippen LogP contribution in [0.15, 0.2) is 72.8 Å². The number of amides is 2. The summed E-state index contributed by atoms with van der Waals surface area (Å²) in [5.74, 6) is 0.936. The SMILES string of the molecule is CCOc1ccc(N2C(=O)CSC2c2cccc(NC(=O)c3ccccc3Cl)c2)cc1. The topological polar surface area (TPSA) is 58.6 Å². The lowest BCUT2D eigenvalue weighted by atomic mass is 10.1. The van der Waals surface area contributed by atoms with Gasteiger partial charge in [-0.25, -0.2) is 0 Å². The van der Waals surface area contributed by atoms with Gasteiger partial charge in [-0.1, -0.05) is 35.9 Å². The first-order valence-electron chi connectivity index (χ1n) is 9.89. The highest BCUT2D eigenvalue weighted by atomic mass is 35.5. The number of hydrogen-bond acceptors (Lipinski definition) is 4. The molecule has 5 nitrogen and oxygen atoms in total. The van der Waals surface area contributed by atoms with Gasteiger partial charge in [-0.15, -0.1) is 11.8 Å². The van der Waals surface area contributed by atoms with E-state index >= 15 is 0 Å². The first kappa shape index (κ1) is 21.3. The lowest BCUT2D eigenvalue weighted by Gasteiger charge is -2.25. The Morgan fingerprint density at radius 1 is 1.13 bits per heavy atom. The molecule has 1 aliphatic rings. The number of rotatable bonds is 6. The van der Waals surface area contributed by atoms with E-state index in [9.17, 15) is 9.59 Å². The maximum atomic E-state index is 12.6. The number of nitrogens with one attached hydrogen (secondary N) is 1. The van der Waals surface area contributed by atoms with Crippen LogP contribution in [0.25, 0.3) is 0 Å². The minimum atomic E-state index is -0.277. The van der Waals surface area contributed by atoms with Crippen molar-refractivity contribution in [1.82, 2.24) is 0 Å². The third-order valence-corrected chi connectivity index (χ3v) is 6.38. The van der Waals surface area contributed by atoms with Crippen LogP contribution < -0.4 is 15.0 Å². The highest BCUT2D eigenvalue weighted by Crippen LogP contribution is 2.42. The van der Waals surface area contributed by atoms with Crippen LogP contribution in [0.4, 0.5) is 11.4 Å². The molecule has 1 aliphatic heterocycles. The number of carbonyl (C=O) groups is 2. The number of carbonyl (C=O) groups excluding carboxylic acids is 2. The molecule has 158 valence electrons. The van der Waals surface area contributed by atoms with E-state index in [4.69, 9.17) is 16.3 Å². The fraction of sp³-hybridized carbons (Fsp3) is 0.167. The molecule has 1 heterocycles. The summed E-state index contributed by atoms with van der Waals surface area (Å²) in [6.07, 6.45) is 0. The number of hydrogen-bond donors (Lipinski definition) is 1. The predicted octanol–water partition coefficient (Wildman–Crippen LogP) is 5.77. The molecule has 0 spiro atoms. The summed E-state index contributed by atoms with van der Waals surface area (Å²) in [6.45, 7) is 2.52. The lowest BCUT2D eigenvalue weighted by molar-refractivity contribution is -0.115. The first-order valence-corrected chi connectivity index (χ1v) is 11.3. The van der Waals surface area contributed by atoms with Crippen LogP contribution in [0, 0.1) is 0 Å². The molecular weight excluding hydrogens is 432 g/mol. The zero-order chi connectivity index (χ0) is 21.8. The molecule has 0 bridgehead atoms. The zero-order valence-corrected chi connectivity index (χ0v) is 18.5. The number of benzene rings is 3. The molecule has 4 rings (SSSR count). The summed E-state index contributed by atoms with van der Waals surface area (Å²) in [6, 6.07) is 22.0. The second-order valence-corrected chi connectivity index (χ2v) is 8.39. The van der Waals surface area contributed by atoms with Crippen LogP contribution in [-0.2, 0) is 4.79 Å². The third-order valence-electron chi connectivity index (χ3n) is 4.84. The second kappa shape index (κ2) is 9.45. The molecule has 0 aromatic heterocycles. The van der Waals surface area contributed by atoms with Crippen molar-refractivity contribution >= 4 is 46.6 Å². The average Bonchev–Trinajstić information content (AvgIpc) is 3.16. The Bertz CT molecular complexity index is 1100. The lowest BCUT2D eigenvalue weighted by Crippen LogP contribution is -2.27. The van der Waals surface area contributed by atoms with Crippen molar-refractivity contribution in [3.05, 3.63) is 88.9 Å². The van der Waals surface area contributed by atoms with E-state index in [1.807, 2.05) is 55.5 Å². The van der Waals surface area contributed by atoms with Gasteiger partial charge in [0.15, 0.2) is 0 Å². The van der Waals surface area contributed by atoms with Gasteiger partial charge in [0.25, 0.3) is 5.91 Å². The Hall–Kier alpha value is -2.96. The molecule has 0 saturated carbocycles. The fourth-order valence-electron chi connectivity index (χ4n) is 3.43. The standard InChI is InChI=1S/C24H21ClN2O3S/c1-2-30-19-12-10-18(11-13-19)27-22(28)15-31-24(27)16-6-5-7-17(14-16)26-23(29)20-8-3-4-9-21(20)25/h3-14,24H,2,15H2,1H3,(H,26,29). The highest BCUT2D eigenvalue weighted by Gasteiger charge is 2.34. The molecule has 3 aromatic carbocycles. The van der Waals surface area contributed by atoms with Crippen LogP contribution in [-0.4, -0.2) is 24.2 Å². The van der Waals surface area contributed by atoms with Crippen LogP contribution in [0.3, 0.4) is 0 Å². The number of anilines is 2. The Kier molecular flexibility index (Phi) is 6.49. The maximum absolute atomic E-state index is 12.6. The third kappa shape index (κ3) is 4.70. The van der Waals surface area contributed by atoms with Crippen molar-refractivity contribution in [2.75, 3.05) is 22.6 Å². The van der Waals surface area contributed by atoms with E-state index in [1.54, 1.807) is 40.9 Å². The summed E-state index contributed by atoms with van der Waals surface area (Å²) in [7, 11) is 0. The van der Waals surface area contributed by atoms with Gasteiger partial charge >= 0.3 is 0 Å². The maximum Gasteiger partial charge on any atom is 0.257 e. The van der Waals surface area contributed by atoms with Gasteiger partial charge in [-0.05, 0) is 61.0 Å².